The second-order valence-corrected chi connectivity index (χ2v) is 5.34. The highest BCUT2D eigenvalue weighted by Gasteiger charge is 2.21. The molecule has 1 unspecified atom stereocenters. The van der Waals surface area contributed by atoms with Gasteiger partial charge in [-0.25, -0.2) is 5.43 Å². The molecule has 3 rings (SSSR count). The molecular formula is C15H20N4. The number of hydrogen-bond acceptors (Lipinski definition) is 3. The molecule has 3 N–H and O–H groups in total. The van der Waals surface area contributed by atoms with Crippen LogP contribution in [0.3, 0.4) is 0 Å². The lowest BCUT2D eigenvalue weighted by Crippen LogP contribution is -2.28. The van der Waals surface area contributed by atoms with Crippen molar-refractivity contribution in [2.24, 2.45) is 12.9 Å². The number of aryl methyl sites for hydroxylation is 1. The van der Waals surface area contributed by atoms with Crippen LogP contribution in [0.25, 0.3) is 0 Å². The van der Waals surface area contributed by atoms with Crippen molar-refractivity contribution in [1.29, 1.82) is 0 Å². The summed E-state index contributed by atoms with van der Waals surface area (Å²) in [7, 11) is 1.92. The van der Waals surface area contributed by atoms with Gasteiger partial charge in [0, 0.05) is 18.8 Å². The summed E-state index contributed by atoms with van der Waals surface area (Å²) < 4.78 is 1.80. The Hall–Kier alpha value is -1.65. The molecule has 2 aromatic rings. The van der Waals surface area contributed by atoms with Crippen LogP contribution < -0.4 is 11.3 Å². The average molecular weight is 256 g/mol. The lowest BCUT2D eigenvalue weighted by molar-refractivity contribution is 0.419. The number of hydrogen-bond donors (Lipinski definition) is 2. The van der Waals surface area contributed by atoms with Gasteiger partial charge in [-0.3, -0.25) is 10.5 Å². The second kappa shape index (κ2) is 5.15. The lowest BCUT2D eigenvalue weighted by Gasteiger charge is -2.27. The molecule has 19 heavy (non-hydrogen) atoms. The largest absolute Gasteiger partial charge is 0.275 e. The van der Waals surface area contributed by atoms with Crippen LogP contribution in [0.15, 0.2) is 36.7 Å². The van der Waals surface area contributed by atoms with E-state index in [1.807, 2.05) is 19.4 Å². The normalized spacial score (nSPS) is 17.2. The molecule has 0 amide bonds. The lowest BCUT2D eigenvalue weighted by atomic mass is 9.79. The maximum Gasteiger partial charge on any atom is 0.0740 e. The van der Waals surface area contributed by atoms with Gasteiger partial charge in [-0.2, -0.15) is 5.10 Å². The number of benzene rings is 1. The van der Waals surface area contributed by atoms with Crippen molar-refractivity contribution < 1.29 is 0 Å². The molecule has 1 aliphatic rings. The van der Waals surface area contributed by atoms with E-state index in [-0.39, 0.29) is 6.04 Å². The van der Waals surface area contributed by atoms with E-state index < -0.39 is 0 Å². The first-order valence-electron chi connectivity index (χ1n) is 6.82. The molecule has 0 spiro atoms. The third kappa shape index (κ3) is 2.41. The molecule has 1 fully saturated rings. The topological polar surface area (TPSA) is 55.9 Å². The molecular weight excluding hydrogens is 236 g/mol. The van der Waals surface area contributed by atoms with Gasteiger partial charge in [0.1, 0.15) is 0 Å². The van der Waals surface area contributed by atoms with Crippen LogP contribution in [0, 0.1) is 0 Å². The average Bonchev–Trinajstić information content (AvgIpc) is 2.75. The highest BCUT2D eigenvalue weighted by molar-refractivity contribution is 5.34. The van der Waals surface area contributed by atoms with Crippen molar-refractivity contribution >= 4 is 0 Å². The van der Waals surface area contributed by atoms with Gasteiger partial charge in [0.15, 0.2) is 0 Å². The maximum atomic E-state index is 5.73. The van der Waals surface area contributed by atoms with Crippen LogP contribution in [0.1, 0.15) is 47.9 Å². The number of aromatic nitrogens is 2. The van der Waals surface area contributed by atoms with Gasteiger partial charge < -0.3 is 0 Å². The first-order chi connectivity index (χ1) is 9.28. The van der Waals surface area contributed by atoms with E-state index in [2.05, 4.69) is 34.8 Å². The van der Waals surface area contributed by atoms with Crippen molar-refractivity contribution in [3.63, 3.8) is 0 Å². The Balaban J connectivity index is 1.90. The molecule has 1 aromatic heterocycles. The summed E-state index contributed by atoms with van der Waals surface area (Å²) in [4.78, 5) is 0. The molecule has 0 saturated heterocycles. The van der Waals surface area contributed by atoms with E-state index >= 15 is 0 Å². The Morgan fingerprint density at radius 2 is 2.21 bits per heavy atom. The predicted octanol–water partition coefficient (Wildman–Crippen LogP) is 2.24. The van der Waals surface area contributed by atoms with E-state index in [9.17, 15) is 0 Å². The summed E-state index contributed by atoms with van der Waals surface area (Å²) in [6.07, 6.45) is 7.85. The van der Waals surface area contributed by atoms with Crippen molar-refractivity contribution in [2.75, 3.05) is 0 Å². The minimum absolute atomic E-state index is 0.00808. The van der Waals surface area contributed by atoms with Crippen LogP contribution in [-0.4, -0.2) is 9.78 Å². The fourth-order valence-electron chi connectivity index (χ4n) is 2.71. The number of rotatable bonds is 4. The Kier molecular flexibility index (Phi) is 3.36. The molecule has 0 radical (unpaired) electrons. The Morgan fingerprint density at radius 3 is 2.79 bits per heavy atom. The van der Waals surface area contributed by atoms with Gasteiger partial charge in [0.25, 0.3) is 0 Å². The molecule has 1 aliphatic carbocycles. The van der Waals surface area contributed by atoms with Crippen molar-refractivity contribution in [1.82, 2.24) is 15.2 Å². The third-order valence-electron chi connectivity index (χ3n) is 4.05. The molecule has 4 heteroatoms. The van der Waals surface area contributed by atoms with Crippen molar-refractivity contribution in [3.8, 4) is 0 Å². The standard InChI is InChI=1S/C15H20N4/c1-19-10-14(9-17-19)15(18-16)13-7-3-6-12(8-13)11-4-2-5-11/h3,6-11,15,18H,2,4-5,16H2,1H3. The molecule has 100 valence electrons. The first-order valence-corrected chi connectivity index (χ1v) is 6.82. The monoisotopic (exact) mass is 256 g/mol. The van der Waals surface area contributed by atoms with E-state index in [0.29, 0.717) is 0 Å². The summed E-state index contributed by atoms with van der Waals surface area (Å²) in [6, 6.07) is 8.77. The molecule has 1 atom stereocenters. The zero-order valence-corrected chi connectivity index (χ0v) is 11.2. The molecule has 4 nitrogen and oxygen atoms in total. The number of nitrogens with one attached hydrogen (secondary N) is 1. The zero-order chi connectivity index (χ0) is 13.2. The summed E-state index contributed by atoms with van der Waals surface area (Å²) >= 11 is 0. The third-order valence-corrected chi connectivity index (χ3v) is 4.05. The first kappa shape index (κ1) is 12.4. The highest BCUT2D eigenvalue weighted by atomic mass is 15.3. The fourth-order valence-corrected chi connectivity index (χ4v) is 2.71. The van der Waals surface area contributed by atoms with Gasteiger partial charge in [-0.15, -0.1) is 0 Å². The fraction of sp³-hybridized carbons (Fsp3) is 0.400. The van der Waals surface area contributed by atoms with Crippen LogP contribution in [0.5, 0.6) is 0 Å². The minimum Gasteiger partial charge on any atom is -0.275 e. The maximum absolute atomic E-state index is 5.73. The molecule has 0 bridgehead atoms. The van der Waals surface area contributed by atoms with Gasteiger partial charge in [-0.1, -0.05) is 30.7 Å². The van der Waals surface area contributed by atoms with E-state index in [1.54, 1.807) is 4.68 Å². The number of hydrazine groups is 1. The molecule has 1 aromatic carbocycles. The Morgan fingerprint density at radius 1 is 1.37 bits per heavy atom. The van der Waals surface area contributed by atoms with Crippen molar-refractivity contribution in [3.05, 3.63) is 53.3 Å². The van der Waals surface area contributed by atoms with E-state index in [0.717, 1.165) is 11.5 Å². The second-order valence-electron chi connectivity index (χ2n) is 5.34. The Labute approximate surface area is 113 Å². The summed E-state index contributed by atoms with van der Waals surface area (Å²) in [6.45, 7) is 0. The minimum atomic E-state index is 0.00808. The van der Waals surface area contributed by atoms with Gasteiger partial charge >= 0.3 is 0 Å². The molecule has 1 saturated carbocycles. The molecule has 1 heterocycles. The summed E-state index contributed by atoms with van der Waals surface area (Å²) in [5.41, 5.74) is 6.64. The smallest absolute Gasteiger partial charge is 0.0740 e. The van der Waals surface area contributed by atoms with Crippen LogP contribution in [-0.2, 0) is 7.05 Å². The quantitative estimate of drug-likeness (QED) is 0.651. The van der Waals surface area contributed by atoms with Gasteiger partial charge in [-0.05, 0) is 29.9 Å². The number of nitrogens with two attached hydrogens (primary N) is 1. The van der Waals surface area contributed by atoms with Crippen molar-refractivity contribution in [2.45, 2.75) is 31.2 Å². The zero-order valence-electron chi connectivity index (χ0n) is 11.2. The molecule has 0 aliphatic heterocycles. The number of nitrogens with zero attached hydrogens (tertiary/aromatic N) is 2. The van der Waals surface area contributed by atoms with E-state index in [1.165, 1.54) is 30.4 Å². The van der Waals surface area contributed by atoms with Crippen LogP contribution >= 0.6 is 0 Å². The van der Waals surface area contributed by atoms with Gasteiger partial charge in [0.2, 0.25) is 0 Å². The SMILES string of the molecule is Cn1cc(C(NN)c2cccc(C3CCC3)c2)cn1. The summed E-state index contributed by atoms with van der Waals surface area (Å²) in [5.74, 6) is 6.47. The highest BCUT2D eigenvalue weighted by Crippen LogP contribution is 2.37. The predicted molar refractivity (Wildman–Crippen MR) is 75.4 cm³/mol. The van der Waals surface area contributed by atoms with E-state index in [4.69, 9.17) is 5.84 Å². The van der Waals surface area contributed by atoms with Crippen LogP contribution in [0.4, 0.5) is 0 Å². The van der Waals surface area contributed by atoms with Crippen LogP contribution in [0.2, 0.25) is 0 Å². The van der Waals surface area contributed by atoms with Gasteiger partial charge in [0.05, 0.1) is 12.2 Å². The summed E-state index contributed by atoms with van der Waals surface area (Å²) in [5, 5.41) is 4.22. The Bertz CT molecular complexity index is 557.